The van der Waals surface area contributed by atoms with Crippen molar-refractivity contribution >= 4 is 50.8 Å². The van der Waals surface area contributed by atoms with E-state index >= 15 is 0 Å². The van der Waals surface area contributed by atoms with Crippen molar-refractivity contribution in [3.05, 3.63) is 75.4 Å². The van der Waals surface area contributed by atoms with Crippen LogP contribution in [0.25, 0.3) is 0 Å². The van der Waals surface area contributed by atoms with E-state index in [1.165, 1.54) is 0 Å². The number of esters is 1. The fourth-order valence-corrected chi connectivity index (χ4v) is 3.76. The zero-order chi connectivity index (χ0) is 23.3. The van der Waals surface area contributed by atoms with Crippen LogP contribution >= 0.6 is 28.1 Å². The van der Waals surface area contributed by atoms with Gasteiger partial charge < -0.3 is 25.0 Å². The number of benzene rings is 2. The monoisotopic (exact) mass is 517 g/mol. The molecule has 1 unspecified atom stereocenters. The first kappa shape index (κ1) is 23.9. The normalized spacial score (nSPS) is 15.9. The smallest absolute Gasteiger partial charge is 0.338 e. The number of allylic oxidation sites excluding steroid dienone is 1. The standard InChI is InChI=1S/C23H24BrN3O4S/c1-14-19(22(29)31-12-11-30-3)20(26-23(32)27(14)2)16-5-4-6-18(13-16)25-21(28)15-7-9-17(24)10-8-15/h4-10,13,20H,11-12H2,1-3H3,(H,25,28)(H,26,32). The van der Waals surface area contributed by atoms with Crippen LogP contribution in [0.5, 0.6) is 0 Å². The minimum atomic E-state index is -0.515. The second kappa shape index (κ2) is 10.7. The van der Waals surface area contributed by atoms with E-state index in [4.69, 9.17) is 21.7 Å². The van der Waals surface area contributed by atoms with Crippen molar-refractivity contribution in [2.45, 2.75) is 13.0 Å². The van der Waals surface area contributed by atoms with Gasteiger partial charge in [0.25, 0.3) is 5.91 Å². The van der Waals surface area contributed by atoms with Crippen LogP contribution in [-0.2, 0) is 14.3 Å². The largest absolute Gasteiger partial charge is 0.460 e. The summed E-state index contributed by atoms with van der Waals surface area (Å²) in [5.41, 5.74) is 3.06. The van der Waals surface area contributed by atoms with E-state index in [2.05, 4.69) is 26.6 Å². The molecule has 0 bridgehead atoms. The number of carbonyl (C=O) groups is 2. The Morgan fingerprint density at radius 3 is 2.59 bits per heavy atom. The van der Waals surface area contributed by atoms with Gasteiger partial charge in [-0.05, 0) is 61.1 Å². The molecule has 2 aromatic rings. The van der Waals surface area contributed by atoms with E-state index < -0.39 is 12.0 Å². The van der Waals surface area contributed by atoms with Crippen LogP contribution in [0.4, 0.5) is 5.69 Å². The van der Waals surface area contributed by atoms with Gasteiger partial charge in [0.2, 0.25) is 0 Å². The fourth-order valence-electron chi connectivity index (χ4n) is 3.25. The number of hydrogen-bond acceptors (Lipinski definition) is 5. The first-order valence-electron chi connectivity index (χ1n) is 9.89. The minimum Gasteiger partial charge on any atom is -0.460 e. The van der Waals surface area contributed by atoms with Gasteiger partial charge in [0.15, 0.2) is 5.11 Å². The third-order valence-electron chi connectivity index (χ3n) is 5.08. The number of halogens is 1. The molecule has 3 rings (SSSR count). The van der Waals surface area contributed by atoms with E-state index in [1.807, 2.05) is 37.3 Å². The highest BCUT2D eigenvalue weighted by Gasteiger charge is 2.33. The van der Waals surface area contributed by atoms with E-state index in [0.29, 0.717) is 34.2 Å². The predicted octanol–water partition coefficient (Wildman–Crippen LogP) is 4.03. The average Bonchev–Trinajstić information content (AvgIpc) is 2.78. The van der Waals surface area contributed by atoms with Crippen LogP contribution in [0.15, 0.2) is 64.3 Å². The van der Waals surface area contributed by atoms with Crippen molar-refractivity contribution in [3.8, 4) is 0 Å². The molecule has 0 fully saturated rings. The van der Waals surface area contributed by atoms with Crippen LogP contribution in [-0.4, -0.2) is 49.3 Å². The van der Waals surface area contributed by atoms with Crippen LogP contribution in [0.2, 0.25) is 0 Å². The lowest BCUT2D eigenvalue weighted by molar-refractivity contribution is -0.140. The SMILES string of the molecule is COCCOC(=O)C1=C(C)N(C)C(=S)NC1c1cccc(NC(=O)c2ccc(Br)cc2)c1. The summed E-state index contributed by atoms with van der Waals surface area (Å²) in [6.45, 7) is 2.28. The van der Waals surface area contributed by atoms with Gasteiger partial charge >= 0.3 is 5.97 Å². The van der Waals surface area contributed by atoms with Gasteiger partial charge in [0, 0.05) is 35.6 Å². The number of nitrogens with one attached hydrogen (secondary N) is 2. The number of anilines is 1. The van der Waals surface area contributed by atoms with Gasteiger partial charge in [-0.15, -0.1) is 0 Å². The van der Waals surface area contributed by atoms with Gasteiger partial charge in [-0.25, -0.2) is 4.79 Å². The number of amides is 1. The number of ether oxygens (including phenoxy) is 2. The van der Waals surface area contributed by atoms with Gasteiger partial charge in [-0.1, -0.05) is 28.1 Å². The third kappa shape index (κ3) is 5.53. The van der Waals surface area contributed by atoms with E-state index in [9.17, 15) is 9.59 Å². The molecule has 0 radical (unpaired) electrons. The molecule has 1 aliphatic rings. The molecule has 2 aromatic carbocycles. The summed E-state index contributed by atoms with van der Waals surface area (Å²) < 4.78 is 11.2. The Bertz CT molecular complexity index is 1060. The van der Waals surface area contributed by atoms with Crippen LogP contribution < -0.4 is 10.6 Å². The highest BCUT2D eigenvalue weighted by Crippen LogP contribution is 2.32. The lowest BCUT2D eigenvalue weighted by Gasteiger charge is -2.35. The summed E-state index contributed by atoms with van der Waals surface area (Å²) in [7, 11) is 3.34. The maximum absolute atomic E-state index is 12.9. The van der Waals surface area contributed by atoms with Crippen LogP contribution in [0, 0.1) is 0 Å². The quantitative estimate of drug-likeness (QED) is 0.326. The summed E-state index contributed by atoms with van der Waals surface area (Å²) >= 11 is 8.80. The number of carbonyl (C=O) groups excluding carboxylic acids is 2. The minimum absolute atomic E-state index is 0.149. The molecule has 0 spiro atoms. The van der Waals surface area contributed by atoms with E-state index in [0.717, 1.165) is 10.0 Å². The Labute approximate surface area is 200 Å². The molecule has 1 heterocycles. The first-order chi connectivity index (χ1) is 15.3. The van der Waals surface area contributed by atoms with Crippen molar-refractivity contribution in [3.63, 3.8) is 0 Å². The Morgan fingerprint density at radius 2 is 1.91 bits per heavy atom. The Morgan fingerprint density at radius 1 is 1.19 bits per heavy atom. The second-order valence-corrected chi connectivity index (χ2v) is 8.46. The van der Waals surface area contributed by atoms with Crippen molar-refractivity contribution in [1.29, 1.82) is 0 Å². The van der Waals surface area contributed by atoms with Gasteiger partial charge in [-0.3, -0.25) is 4.79 Å². The predicted molar refractivity (Wildman–Crippen MR) is 130 cm³/mol. The maximum Gasteiger partial charge on any atom is 0.338 e. The molecule has 2 N–H and O–H groups in total. The summed E-state index contributed by atoms with van der Waals surface area (Å²) in [6, 6.07) is 13.9. The Balaban J connectivity index is 1.87. The zero-order valence-corrected chi connectivity index (χ0v) is 20.4. The maximum atomic E-state index is 12.9. The second-order valence-electron chi connectivity index (χ2n) is 7.16. The van der Waals surface area contributed by atoms with E-state index in [-0.39, 0.29) is 12.5 Å². The lowest BCUT2D eigenvalue weighted by atomic mass is 9.95. The molecule has 168 valence electrons. The van der Waals surface area contributed by atoms with Crippen molar-refractivity contribution in [2.75, 3.05) is 32.7 Å². The molecule has 1 atom stereocenters. The first-order valence-corrected chi connectivity index (χ1v) is 11.1. The van der Waals surface area contributed by atoms with Crippen LogP contribution in [0.1, 0.15) is 28.9 Å². The number of thiocarbonyl (C=S) groups is 1. The molecule has 7 nitrogen and oxygen atoms in total. The van der Waals surface area contributed by atoms with Gasteiger partial charge in [0.05, 0.1) is 18.2 Å². The molecule has 9 heteroatoms. The summed E-state index contributed by atoms with van der Waals surface area (Å²) in [5.74, 6) is -0.678. The zero-order valence-electron chi connectivity index (χ0n) is 18.0. The molecule has 0 aromatic heterocycles. The lowest BCUT2D eigenvalue weighted by Crippen LogP contribution is -2.46. The summed E-state index contributed by atoms with van der Waals surface area (Å²) in [6.07, 6.45) is 0. The number of rotatable bonds is 7. The van der Waals surface area contributed by atoms with Crippen molar-refractivity contribution in [2.24, 2.45) is 0 Å². The molecule has 0 saturated heterocycles. The summed E-state index contributed by atoms with van der Waals surface area (Å²) in [5, 5.41) is 6.59. The topological polar surface area (TPSA) is 79.9 Å². The average molecular weight is 518 g/mol. The molecule has 0 saturated carbocycles. The molecule has 1 amide bonds. The fraction of sp³-hybridized carbons (Fsp3) is 0.261. The Kier molecular flexibility index (Phi) is 8.00. The third-order valence-corrected chi connectivity index (χ3v) is 6.00. The van der Waals surface area contributed by atoms with Crippen molar-refractivity contribution in [1.82, 2.24) is 10.2 Å². The summed E-state index contributed by atoms with van der Waals surface area (Å²) in [4.78, 5) is 27.2. The number of nitrogens with zero attached hydrogens (tertiary/aromatic N) is 1. The highest BCUT2D eigenvalue weighted by atomic mass is 79.9. The Hall–Kier alpha value is -2.75. The van der Waals surface area contributed by atoms with Crippen LogP contribution in [0.3, 0.4) is 0 Å². The molecular formula is C23H24BrN3O4S. The molecule has 0 aliphatic carbocycles. The molecule has 1 aliphatic heterocycles. The van der Waals surface area contributed by atoms with E-state index in [1.54, 1.807) is 37.3 Å². The van der Waals surface area contributed by atoms with Gasteiger partial charge in [-0.2, -0.15) is 0 Å². The number of hydrogen-bond donors (Lipinski definition) is 2. The number of methoxy groups -OCH3 is 1. The highest BCUT2D eigenvalue weighted by molar-refractivity contribution is 9.10. The molecule has 32 heavy (non-hydrogen) atoms. The van der Waals surface area contributed by atoms with Gasteiger partial charge in [0.1, 0.15) is 6.61 Å². The molecular weight excluding hydrogens is 494 g/mol. The van der Waals surface area contributed by atoms with Crippen molar-refractivity contribution < 1.29 is 19.1 Å².